The van der Waals surface area contributed by atoms with Gasteiger partial charge >= 0.3 is 0 Å². The van der Waals surface area contributed by atoms with Gasteiger partial charge in [-0.3, -0.25) is 0 Å². The lowest BCUT2D eigenvalue weighted by molar-refractivity contribution is 0.576. The predicted octanol–water partition coefficient (Wildman–Crippen LogP) is -0.556. The Morgan fingerprint density at radius 1 is 1.00 bits per heavy atom. The summed E-state index contributed by atoms with van der Waals surface area (Å²) in [6.45, 7) is 4.20. The summed E-state index contributed by atoms with van der Waals surface area (Å²) in [5, 5.41) is 2.97. The number of hydrogen-bond acceptors (Lipinski definition) is 5. The Labute approximate surface area is 92.1 Å². The third-order valence-electron chi connectivity index (χ3n) is 1.73. The fraction of sp³-hybridized carbons (Fsp3) is 1.00. The van der Waals surface area contributed by atoms with Gasteiger partial charge in [0.1, 0.15) is 9.84 Å². The molecule has 0 atom stereocenters. The van der Waals surface area contributed by atoms with Crippen molar-refractivity contribution in [3.8, 4) is 0 Å². The van der Waals surface area contributed by atoms with Crippen LogP contribution in [0.25, 0.3) is 0 Å². The van der Waals surface area contributed by atoms with Crippen LogP contribution in [0.1, 0.15) is 13.8 Å². The van der Waals surface area contributed by atoms with Crippen molar-refractivity contribution in [1.82, 2.24) is 5.32 Å². The maximum Gasteiger partial charge on any atom is 0.152 e. The van der Waals surface area contributed by atoms with E-state index in [0.29, 0.717) is 6.54 Å². The van der Waals surface area contributed by atoms with Gasteiger partial charge in [0.25, 0.3) is 0 Å². The smallest absolute Gasteiger partial charge is 0.152 e. The molecule has 0 fully saturated rings. The average molecular weight is 257 g/mol. The number of sulfone groups is 2. The molecule has 0 heterocycles. The van der Waals surface area contributed by atoms with Gasteiger partial charge in [-0.1, -0.05) is 13.8 Å². The predicted molar refractivity (Wildman–Crippen MR) is 61.5 cm³/mol. The van der Waals surface area contributed by atoms with Crippen LogP contribution in [0.3, 0.4) is 0 Å². The van der Waals surface area contributed by atoms with Crippen LogP contribution in [0.2, 0.25) is 0 Å². The lowest BCUT2D eigenvalue weighted by Gasteiger charge is -2.08. The molecule has 0 aliphatic heterocycles. The van der Waals surface area contributed by atoms with Gasteiger partial charge in [0, 0.05) is 18.8 Å². The second-order valence-electron chi connectivity index (χ2n) is 3.89. The van der Waals surface area contributed by atoms with Crippen molar-refractivity contribution < 1.29 is 16.8 Å². The van der Waals surface area contributed by atoms with Crippen molar-refractivity contribution in [3.05, 3.63) is 0 Å². The minimum Gasteiger partial charge on any atom is -0.314 e. The first-order valence-electron chi connectivity index (χ1n) is 4.74. The molecule has 7 heteroatoms. The standard InChI is InChI=1S/C8H19NO4S2/c1-8(2)9-4-5-15(12,13)7-6-14(3,10)11/h8-9H,4-7H2,1-3H3. The molecule has 0 aromatic heterocycles. The molecule has 0 unspecified atom stereocenters. The Kier molecular flexibility index (Phi) is 5.76. The van der Waals surface area contributed by atoms with Gasteiger partial charge < -0.3 is 5.32 Å². The van der Waals surface area contributed by atoms with Gasteiger partial charge in [0.05, 0.1) is 17.3 Å². The highest BCUT2D eigenvalue weighted by Gasteiger charge is 2.14. The molecular formula is C8H19NO4S2. The molecule has 0 aliphatic rings. The quantitative estimate of drug-likeness (QED) is 0.661. The van der Waals surface area contributed by atoms with E-state index < -0.39 is 19.7 Å². The largest absolute Gasteiger partial charge is 0.314 e. The molecule has 0 amide bonds. The first kappa shape index (κ1) is 14.9. The van der Waals surface area contributed by atoms with Crippen molar-refractivity contribution in [1.29, 1.82) is 0 Å². The van der Waals surface area contributed by atoms with Gasteiger partial charge in [-0.25, -0.2) is 16.8 Å². The third kappa shape index (κ3) is 10.1. The number of rotatable bonds is 7. The van der Waals surface area contributed by atoms with Gasteiger partial charge in [-0.2, -0.15) is 0 Å². The molecule has 15 heavy (non-hydrogen) atoms. The number of hydrogen-bond donors (Lipinski definition) is 1. The number of nitrogens with one attached hydrogen (secondary N) is 1. The summed E-state index contributed by atoms with van der Waals surface area (Å²) in [6.07, 6.45) is 1.04. The molecule has 0 aromatic rings. The van der Waals surface area contributed by atoms with E-state index in [1.165, 1.54) is 0 Å². The van der Waals surface area contributed by atoms with Crippen molar-refractivity contribution in [3.63, 3.8) is 0 Å². The van der Waals surface area contributed by atoms with Crippen molar-refractivity contribution in [2.45, 2.75) is 19.9 Å². The van der Waals surface area contributed by atoms with Crippen LogP contribution in [-0.2, 0) is 19.7 Å². The molecule has 0 saturated carbocycles. The van der Waals surface area contributed by atoms with Crippen LogP contribution in [0.15, 0.2) is 0 Å². The van der Waals surface area contributed by atoms with Crippen LogP contribution in [-0.4, -0.2) is 52.9 Å². The summed E-state index contributed by atoms with van der Waals surface area (Å²) in [5.41, 5.74) is 0. The van der Waals surface area contributed by atoms with E-state index in [2.05, 4.69) is 5.32 Å². The molecule has 0 aliphatic carbocycles. The van der Waals surface area contributed by atoms with Gasteiger partial charge in [0.15, 0.2) is 9.84 Å². The van der Waals surface area contributed by atoms with Gasteiger partial charge in [-0.05, 0) is 0 Å². The average Bonchev–Trinajstić information content (AvgIpc) is 1.99. The molecule has 92 valence electrons. The van der Waals surface area contributed by atoms with E-state index >= 15 is 0 Å². The summed E-state index contributed by atoms with van der Waals surface area (Å²) in [5.74, 6) is -0.594. The summed E-state index contributed by atoms with van der Waals surface area (Å²) < 4.78 is 44.3. The Hall–Kier alpha value is -0.140. The fourth-order valence-electron chi connectivity index (χ4n) is 0.884. The molecular weight excluding hydrogens is 238 g/mol. The normalized spacial score (nSPS) is 13.3. The summed E-state index contributed by atoms with van der Waals surface area (Å²) in [4.78, 5) is 0. The lowest BCUT2D eigenvalue weighted by Crippen LogP contribution is -2.30. The lowest BCUT2D eigenvalue weighted by atomic mass is 10.4. The van der Waals surface area contributed by atoms with Crippen LogP contribution in [0.5, 0.6) is 0 Å². The van der Waals surface area contributed by atoms with Crippen molar-refractivity contribution in [2.24, 2.45) is 0 Å². The zero-order valence-corrected chi connectivity index (χ0v) is 11.0. The van der Waals surface area contributed by atoms with Crippen LogP contribution < -0.4 is 5.32 Å². The van der Waals surface area contributed by atoms with E-state index in [1.54, 1.807) is 0 Å². The van der Waals surface area contributed by atoms with Gasteiger partial charge in [0.2, 0.25) is 0 Å². The van der Waals surface area contributed by atoms with Crippen LogP contribution in [0.4, 0.5) is 0 Å². The topological polar surface area (TPSA) is 80.3 Å². The van der Waals surface area contributed by atoms with Crippen LogP contribution >= 0.6 is 0 Å². The zero-order chi connectivity index (χ0) is 12.1. The maximum absolute atomic E-state index is 11.4. The molecule has 0 saturated heterocycles. The minimum atomic E-state index is -3.25. The van der Waals surface area contributed by atoms with Crippen LogP contribution in [0, 0.1) is 0 Å². The maximum atomic E-state index is 11.4. The SMILES string of the molecule is CC(C)NCCS(=O)(=O)CCS(C)(=O)=O. The Morgan fingerprint density at radius 2 is 1.53 bits per heavy atom. The third-order valence-corrected chi connectivity index (χ3v) is 4.59. The Balaban J connectivity index is 3.99. The second kappa shape index (κ2) is 5.81. The molecule has 0 rings (SSSR count). The molecule has 1 N–H and O–H groups in total. The zero-order valence-electron chi connectivity index (χ0n) is 9.36. The first-order valence-corrected chi connectivity index (χ1v) is 8.62. The minimum absolute atomic E-state index is 0.0132. The van der Waals surface area contributed by atoms with E-state index in [9.17, 15) is 16.8 Å². The van der Waals surface area contributed by atoms with E-state index in [0.717, 1.165) is 6.26 Å². The molecule has 0 aromatic carbocycles. The van der Waals surface area contributed by atoms with Crippen molar-refractivity contribution in [2.75, 3.05) is 30.1 Å². The molecule has 0 radical (unpaired) electrons. The highest BCUT2D eigenvalue weighted by Crippen LogP contribution is 1.93. The van der Waals surface area contributed by atoms with Gasteiger partial charge in [-0.15, -0.1) is 0 Å². The monoisotopic (exact) mass is 257 g/mol. The Morgan fingerprint density at radius 3 is 1.93 bits per heavy atom. The summed E-state index contributed by atoms with van der Waals surface area (Å²) in [7, 11) is -6.45. The first-order chi connectivity index (χ1) is 6.62. The highest BCUT2D eigenvalue weighted by atomic mass is 32.2. The molecule has 5 nitrogen and oxygen atoms in total. The van der Waals surface area contributed by atoms with E-state index in [4.69, 9.17) is 0 Å². The van der Waals surface area contributed by atoms with Crippen molar-refractivity contribution >= 4 is 19.7 Å². The highest BCUT2D eigenvalue weighted by molar-refractivity contribution is 7.94. The second-order valence-corrected chi connectivity index (χ2v) is 8.45. The molecule has 0 spiro atoms. The van der Waals surface area contributed by atoms with E-state index in [-0.39, 0.29) is 23.3 Å². The fourth-order valence-corrected chi connectivity index (χ4v) is 3.74. The Bertz CT molecular complexity index is 369. The summed E-state index contributed by atoms with van der Waals surface area (Å²) in [6, 6.07) is 0.232. The van der Waals surface area contributed by atoms with E-state index in [1.807, 2.05) is 13.8 Å². The summed E-state index contributed by atoms with van der Waals surface area (Å²) >= 11 is 0. The molecule has 0 bridgehead atoms.